The van der Waals surface area contributed by atoms with Crippen molar-refractivity contribution >= 4 is 11.4 Å². The van der Waals surface area contributed by atoms with Crippen molar-refractivity contribution in [3.05, 3.63) is 46.0 Å². The number of benzene rings is 1. The van der Waals surface area contributed by atoms with Crippen molar-refractivity contribution in [1.82, 2.24) is 15.2 Å². The van der Waals surface area contributed by atoms with Crippen LogP contribution in [0.5, 0.6) is 0 Å². The summed E-state index contributed by atoms with van der Waals surface area (Å²) in [6, 6.07) is 2.31. The zero-order valence-electron chi connectivity index (χ0n) is 11.7. The van der Waals surface area contributed by atoms with Crippen LogP contribution in [0.4, 0.5) is 24.5 Å². The van der Waals surface area contributed by atoms with Gasteiger partial charge in [-0.25, -0.2) is 4.98 Å². The highest BCUT2D eigenvalue weighted by atomic mass is 19.4. The molecule has 1 aromatic heterocycles. The number of halogens is 3. The number of alkyl halides is 3. The van der Waals surface area contributed by atoms with Crippen molar-refractivity contribution in [2.75, 3.05) is 11.4 Å². The Balaban J connectivity index is 2.03. The van der Waals surface area contributed by atoms with Crippen molar-refractivity contribution in [3.8, 4) is 0 Å². The van der Waals surface area contributed by atoms with E-state index in [1.807, 2.05) is 0 Å². The molecule has 1 aromatic carbocycles. The monoisotopic (exact) mass is 327 g/mol. The molecule has 0 radical (unpaired) electrons. The van der Waals surface area contributed by atoms with Gasteiger partial charge in [-0.1, -0.05) is 0 Å². The zero-order valence-corrected chi connectivity index (χ0v) is 11.7. The number of hydrogen-bond acceptors (Lipinski definition) is 5. The highest BCUT2D eigenvalue weighted by molar-refractivity contribution is 5.66. The zero-order chi connectivity index (χ0) is 16.6. The van der Waals surface area contributed by atoms with Crippen LogP contribution in [0.2, 0.25) is 0 Å². The molecule has 0 aliphatic carbocycles. The van der Waals surface area contributed by atoms with E-state index < -0.39 is 22.4 Å². The van der Waals surface area contributed by atoms with Crippen LogP contribution in [0.25, 0.3) is 0 Å². The molecule has 7 nitrogen and oxygen atoms in total. The minimum atomic E-state index is -4.63. The second-order valence-electron chi connectivity index (χ2n) is 5.18. The average Bonchev–Trinajstić information content (AvgIpc) is 3.16. The SMILES string of the molecule is O=[N+]([O-])c1cc(C(F)(F)F)ccc1N1CCC[C@H]1c1ncn[nH]1. The molecular weight excluding hydrogens is 315 g/mol. The Bertz CT molecular complexity index is 717. The van der Waals surface area contributed by atoms with Crippen LogP contribution in [0.15, 0.2) is 24.5 Å². The summed E-state index contributed by atoms with van der Waals surface area (Å²) in [4.78, 5) is 16.2. The van der Waals surface area contributed by atoms with Crippen molar-refractivity contribution in [2.24, 2.45) is 0 Å². The Morgan fingerprint density at radius 3 is 2.78 bits per heavy atom. The summed E-state index contributed by atoms with van der Waals surface area (Å²) in [5.74, 6) is 0.539. The smallest absolute Gasteiger partial charge is 0.356 e. The minimum absolute atomic E-state index is 0.155. The summed E-state index contributed by atoms with van der Waals surface area (Å²) >= 11 is 0. The first kappa shape index (κ1) is 15.3. The van der Waals surface area contributed by atoms with Gasteiger partial charge in [0, 0.05) is 12.6 Å². The van der Waals surface area contributed by atoms with Gasteiger partial charge in [0.2, 0.25) is 0 Å². The van der Waals surface area contributed by atoms with Gasteiger partial charge in [-0.05, 0) is 25.0 Å². The summed E-state index contributed by atoms with van der Waals surface area (Å²) in [6.45, 7) is 0.498. The predicted molar refractivity (Wildman–Crippen MR) is 73.8 cm³/mol. The van der Waals surface area contributed by atoms with Gasteiger partial charge >= 0.3 is 6.18 Å². The van der Waals surface area contributed by atoms with E-state index in [9.17, 15) is 23.3 Å². The van der Waals surface area contributed by atoms with Crippen molar-refractivity contribution in [3.63, 3.8) is 0 Å². The molecule has 0 unspecified atom stereocenters. The van der Waals surface area contributed by atoms with Crippen LogP contribution in [-0.2, 0) is 6.18 Å². The van der Waals surface area contributed by atoms with Gasteiger partial charge in [-0.2, -0.15) is 18.3 Å². The summed E-state index contributed by atoms with van der Waals surface area (Å²) in [5.41, 5.74) is -1.45. The first-order valence-electron chi connectivity index (χ1n) is 6.85. The molecule has 23 heavy (non-hydrogen) atoms. The number of nitrogens with one attached hydrogen (secondary N) is 1. The minimum Gasteiger partial charge on any atom is -0.356 e. The highest BCUT2D eigenvalue weighted by Gasteiger charge is 2.36. The van der Waals surface area contributed by atoms with E-state index in [1.165, 1.54) is 6.33 Å². The first-order chi connectivity index (χ1) is 10.9. The molecule has 0 spiro atoms. The number of aromatic nitrogens is 3. The lowest BCUT2D eigenvalue weighted by molar-refractivity contribution is -0.384. The fourth-order valence-electron chi connectivity index (χ4n) is 2.80. The van der Waals surface area contributed by atoms with Crippen molar-refractivity contribution in [1.29, 1.82) is 0 Å². The highest BCUT2D eigenvalue weighted by Crippen LogP contribution is 2.41. The Morgan fingerprint density at radius 2 is 2.17 bits per heavy atom. The van der Waals surface area contributed by atoms with Crippen molar-refractivity contribution in [2.45, 2.75) is 25.1 Å². The Kier molecular flexibility index (Phi) is 3.66. The van der Waals surface area contributed by atoms with Crippen LogP contribution >= 0.6 is 0 Å². The van der Waals surface area contributed by atoms with Crippen LogP contribution in [0, 0.1) is 10.1 Å². The molecule has 122 valence electrons. The molecule has 10 heteroatoms. The topological polar surface area (TPSA) is 87.9 Å². The molecule has 0 amide bonds. The fraction of sp³-hybridized carbons (Fsp3) is 0.385. The first-order valence-corrected chi connectivity index (χ1v) is 6.85. The molecule has 1 fully saturated rings. The molecule has 1 atom stereocenters. The molecule has 1 aliphatic rings. The number of H-pyrrole nitrogens is 1. The Morgan fingerprint density at radius 1 is 1.39 bits per heavy atom. The Hall–Kier alpha value is -2.65. The standard InChI is InChI=1S/C13H12F3N5O2/c14-13(15,16)8-3-4-9(11(6-8)21(22)23)20-5-1-2-10(20)12-17-7-18-19-12/h3-4,6-7,10H,1-2,5H2,(H,17,18,19)/t10-/m0/s1. The number of hydrogen-bond donors (Lipinski definition) is 1. The van der Waals surface area contributed by atoms with Gasteiger partial charge < -0.3 is 4.90 Å². The van der Waals surface area contributed by atoms with Crippen LogP contribution in [0.3, 0.4) is 0 Å². The summed E-state index contributed by atoms with van der Waals surface area (Å²) in [5, 5.41) is 17.7. The number of nitrogens with zero attached hydrogens (tertiary/aromatic N) is 4. The van der Waals surface area contributed by atoms with E-state index >= 15 is 0 Å². The van der Waals surface area contributed by atoms with E-state index in [-0.39, 0.29) is 11.7 Å². The summed E-state index contributed by atoms with van der Waals surface area (Å²) < 4.78 is 38.3. The van der Waals surface area contributed by atoms with Gasteiger partial charge in [-0.15, -0.1) is 0 Å². The third kappa shape index (κ3) is 2.83. The molecule has 1 N–H and O–H groups in total. The van der Waals surface area contributed by atoms with Gasteiger partial charge in [0.05, 0.1) is 16.5 Å². The summed E-state index contributed by atoms with van der Waals surface area (Å²) in [7, 11) is 0. The van der Waals surface area contributed by atoms with Gasteiger partial charge in [0.25, 0.3) is 5.69 Å². The third-order valence-electron chi connectivity index (χ3n) is 3.81. The number of nitro groups is 1. The predicted octanol–water partition coefficient (Wildman–Crippen LogP) is 3.07. The lowest BCUT2D eigenvalue weighted by atomic mass is 10.1. The largest absolute Gasteiger partial charge is 0.416 e. The second-order valence-corrected chi connectivity index (χ2v) is 5.18. The summed E-state index contributed by atoms with van der Waals surface area (Å²) in [6.07, 6.45) is -1.86. The molecule has 3 rings (SSSR count). The van der Waals surface area contributed by atoms with Crippen LogP contribution in [0.1, 0.15) is 30.3 Å². The maximum Gasteiger partial charge on any atom is 0.416 e. The quantitative estimate of drug-likeness (QED) is 0.691. The number of nitro benzene ring substituents is 1. The van der Waals surface area contributed by atoms with E-state index in [4.69, 9.17) is 0 Å². The van der Waals surface area contributed by atoms with Gasteiger partial charge in [0.15, 0.2) is 0 Å². The van der Waals surface area contributed by atoms with Gasteiger partial charge in [-0.3, -0.25) is 15.2 Å². The molecule has 0 bridgehead atoms. The van der Waals surface area contributed by atoms with E-state index in [0.717, 1.165) is 18.6 Å². The number of aromatic amines is 1. The average molecular weight is 327 g/mol. The second kappa shape index (κ2) is 5.52. The fourth-order valence-corrected chi connectivity index (χ4v) is 2.80. The number of anilines is 1. The molecule has 1 saturated heterocycles. The lowest BCUT2D eigenvalue weighted by Crippen LogP contribution is -2.24. The Labute approximate surface area is 128 Å². The maximum absolute atomic E-state index is 12.8. The lowest BCUT2D eigenvalue weighted by Gasteiger charge is -2.25. The molecular formula is C13H12F3N5O2. The van der Waals surface area contributed by atoms with Crippen LogP contribution in [-0.4, -0.2) is 26.6 Å². The van der Waals surface area contributed by atoms with E-state index in [2.05, 4.69) is 15.2 Å². The van der Waals surface area contributed by atoms with Gasteiger partial charge in [0.1, 0.15) is 17.8 Å². The number of rotatable bonds is 3. The van der Waals surface area contributed by atoms with E-state index in [1.54, 1.807) is 4.90 Å². The third-order valence-corrected chi connectivity index (χ3v) is 3.81. The molecule has 1 aliphatic heterocycles. The molecule has 0 saturated carbocycles. The molecule has 2 heterocycles. The van der Waals surface area contributed by atoms with E-state index in [0.29, 0.717) is 24.9 Å². The van der Waals surface area contributed by atoms with Crippen molar-refractivity contribution < 1.29 is 18.1 Å². The normalized spacial score (nSPS) is 18.4. The maximum atomic E-state index is 12.8. The molecule has 2 aromatic rings. The van der Waals surface area contributed by atoms with Crippen LogP contribution < -0.4 is 4.90 Å².